The van der Waals surface area contributed by atoms with Gasteiger partial charge in [-0.15, -0.1) is 0 Å². The van der Waals surface area contributed by atoms with Crippen LogP contribution in [0.2, 0.25) is 0 Å². The fourth-order valence-electron chi connectivity index (χ4n) is 12.8. The first-order chi connectivity index (χ1) is 36.4. The number of aryl methyl sites for hydroxylation is 4. The number of hydrogen-bond acceptors (Lipinski definition) is 2. The number of allylic oxidation sites excluding steroid dienone is 4. The molecule has 74 heavy (non-hydrogen) atoms. The molecule has 15 rings (SSSR count). The van der Waals surface area contributed by atoms with Crippen molar-refractivity contribution in [1.29, 1.82) is 0 Å². The Morgan fingerprint density at radius 1 is 0.365 bits per heavy atom. The number of nitrogens with zero attached hydrogens (tertiary/aromatic N) is 4. The molecular weight excluding hydrogens is 897 g/mol. The number of aromatic nitrogens is 2. The van der Waals surface area contributed by atoms with Crippen molar-refractivity contribution in [3.8, 4) is 11.1 Å². The van der Waals surface area contributed by atoms with Crippen LogP contribution >= 0.6 is 0 Å². The maximum Gasteiger partial charge on any atom is 0.0630 e. The van der Waals surface area contributed by atoms with Gasteiger partial charge in [0.15, 0.2) is 0 Å². The van der Waals surface area contributed by atoms with Crippen LogP contribution in [0.15, 0.2) is 224 Å². The first-order valence-corrected chi connectivity index (χ1v) is 26.0. The smallest absolute Gasteiger partial charge is 0.0630 e. The molecule has 0 fully saturated rings. The molecule has 0 saturated heterocycles. The van der Waals surface area contributed by atoms with Gasteiger partial charge in [-0.1, -0.05) is 174 Å². The highest BCUT2D eigenvalue weighted by Crippen LogP contribution is 2.56. The Bertz CT molecular complexity index is 4480. The minimum Gasteiger partial charge on any atom is -0.310 e. The van der Waals surface area contributed by atoms with E-state index in [1.54, 1.807) is 0 Å². The molecule has 0 amide bonds. The third-order valence-corrected chi connectivity index (χ3v) is 16.1. The maximum atomic E-state index is 2.67. The zero-order chi connectivity index (χ0) is 49.3. The summed E-state index contributed by atoms with van der Waals surface area (Å²) in [6.45, 7) is 8.66. The van der Waals surface area contributed by atoms with E-state index in [1.165, 1.54) is 121 Å². The summed E-state index contributed by atoms with van der Waals surface area (Å²) in [5, 5.41) is 10.2. The largest absolute Gasteiger partial charge is 0.310 e. The molecule has 1 unspecified atom stereocenters. The molecule has 4 heterocycles. The van der Waals surface area contributed by atoms with Crippen LogP contribution in [0.25, 0.3) is 87.3 Å². The maximum absolute atomic E-state index is 2.67. The quantitative estimate of drug-likeness (QED) is 0.151. The predicted molar refractivity (Wildman–Crippen MR) is 315 cm³/mol. The average Bonchev–Trinajstić information content (AvgIpc) is 4.21. The molecule has 4 heteroatoms. The Morgan fingerprint density at radius 2 is 0.784 bits per heavy atom. The standard InChI is InChI=1S/C70H52N4/c1-43-27-35-49(36-28-43)71(50-37-29-44(2)30-38-50)57-23-13-25-59-63(57)53-19-11-21-55-65-62(48-17-9-6-10-18-48)70-66(61(47-15-7-5-8-16-47)69(65)73(59)67(53)55)56-22-12-20-54-64-58(24-14-26-60(64)74(70)68(54)56)72(51-39-31-45(3)32-40-51)52-41-33-46(4)34-42-52/h5-17,19-42,48H,18H2,1-4H3. The number of anilines is 6. The molecule has 4 aromatic heterocycles. The Kier molecular flexibility index (Phi) is 9.31. The molecule has 0 spiro atoms. The number of hydrogen-bond donors (Lipinski definition) is 0. The zero-order valence-corrected chi connectivity index (χ0v) is 41.9. The third kappa shape index (κ3) is 6.09. The molecule has 0 saturated carbocycles. The highest BCUT2D eigenvalue weighted by molar-refractivity contribution is 6.36. The van der Waals surface area contributed by atoms with Gasteiger partial charge in [-0.25, -0.2) is 0 Å². The van der Waals surface area contributed by atoms with Crippen LogP contribution in [0.4, 0.5) is 34.1 Å². The van der Waals surface area contributed by atoms with Gasteiger partial charge in [0.25, 0.3) is 0 Å². The Labute approximate surface area is 430 Å². The number of fused-ring (bicyclic) bond motifs is 12. The van der Waals surface area contributed by atoms with Gasteiger partial charge in [-0.05, 0) is 118 Å². The summed E-state index contributed by atoms with van der Waals surface area (Å²) >= 11 is 0. The Morgan fingerprint density at radius 3 is 1.23 bits per heavy atom. The highest BCUT2D eigenvalue weighted by Gasteiger charge is 2.33. The topological polar surface area (TPSA) is 15.3 Å². The number of benzene rings is 10. The summed E-state index contributed by atoms with van der Waals surface area (Å²) in [5.41, 5.74) is 23.2. The van der Waals surface area contributed by atoms with Crippen molar-refractivity contribution < 1.29 is 0 Å². The van der Waals surface area contributed by atoms with E-state index in [0.717, 1.165) is 34.9 Å². The van der Waals surface area contributed by atoms with Crippen LogP contribution in [0.5, 0.6) is 0 Å². The highest BCUT2D eigenvalue weighted by atomic mass is 15.2. The van der Waals surface area contributed by atoms with E-state index in [9.17, 15) is 0 Å². The fraction of sp³-hybridized carbons (Fsp3) is 0.0857. The van der Waals surface area contributed by atoms with Crippen molar-refractivity contribution in [2.75, 3.05) is 9.80 Å². The van der Waals surface area contributed by atoms with Crippen molar-refractivity contribution in [1.82, 2.24) is 8.80 Å². The zero-order valence-electron chi connectivity index (χ0n) is 41.9. The van der Waals surface area contributed by atoms with Crippen LogP contribution < -0.4 is 9.80 Å². The van der Waals surface area contributed by atoms with E-state index in [4.69, 9.17) is 0 Å². The van der Waals surface area contributed by atoms with Gasteiger partial charge in [0.05, 0.1) is 44.5 Å². The molecule has 1 aliphatic carbocycles. The molecule has 352 valence electrons. The van der Waals surface area contributed by atoms with Gasteiger partial charge < -0.3 is 18.6 Å². The van der Waals surface area contributed by atoms with E-state index >= 15 is 0 Å². The summed E-state index contributed by atoms with van der Waals surface area (Å²) < 4.78 is 5.32. The minimum atomic E-state index is 0.134. The Balaban J connectivity index is 1.12. The van der Waals surface area contributed by atoms with E-state index in [-0.39, 0.29) is 5.92 Å². The van der Waals surface area contributed by atoms with Gasteiger partial charge in [0.1, 0.15) is 0 Å². The van der Waals surface area contributed by atoms with Crippen molar-refractivity contribution >= 4 is 110 Å². The van der Waals surface area contributed by atoms with E-state index < -0.39 is 0 Å². The summed E-state index contributed by atoms with van der Waals surface area (Å²) in [6, 6.07) is 75.2. The lowest BCUT2D eigenvalue weighted by Gasteiger charge is -2.27. The second-order valence-corrected chi connectivity index (χ2v) is 20.7. The van der Waals surface area contributed by atoms with Crippen LogP contribution in [0.1, 0.15) is 40.2 Å². The van der Waals surface area contributed by atoms with E-state index in [2.05, 4.69) is 271 Å². The summed E-state index contributed by atoms with van der Waals surface area (Å²) in [4.78, 5) is 4.91. The summed E-state index contributed by atoms with van der Waals surface area (Å²) in [5.74, 6) is 0.134. The molecule has 1 atom stereocenters. The van der Waals surface area contributed by atoms with Crippen LogP contribution in [-0.4, -0.2) is 8.80 Å². The Hall–Kier alpha value is -9.12. The lowest BCUT2D eigenvalue weighted by molar-refractivity contribution is 0.867. The van der Waals surface area contributed by atoms with E-state index in [1.807, 2.05) is 0 Å². The fourth-order valence-corrected chi connectivity index (χ4v) is 12.8. The van der Waals surface area contributed by atoms with Crippen molar-refractivity contribution in [2.45, 2.75) is 40.0 Å². The first-order valence-electron chi connectivity index (χ1n) is 26.0. The van der Waals surface area contributed by atoms with Gasteiger partial charge >= 0.3 is 0 Å². The second kappa shape index (κ2) is 16.2. The summed E-state index contributed by atoms with van der Waals surface area (Å²) in [6.07, 6.45) is 10.2. The van der Waals surface area contributed by atoms with Crippen LogP contribution in [0, 0.1) is 27.7 Å². The van der Waals surface area contributed by atoms with E-state index in [0.29, 0.717) is 0 Å². The number of para-hydroxylation sites is 2. The second-order valence-electron chi connectivity index (χ2n) is 20.7. The van der Waals surface area contributed by atoms with Crippen LogP contribution in [0.3, 0.4) is 0 Å². The molecule has 0 bridgehead atoms. The minimum absolute atomic E-state index is 0.134. The number of rotatable bonds is 8. The summed E-state index contributed by atoms with van der Waals surface area (Å²) in [7, 11) is 0. The molecule has 10 aromatic carbocycles. The van der Waals surface area contributed by atoms with Gasteiger partial charge in [-0.3, -0.25) is 0 Å². The van der Waals surface area contributed by atoms with Crippen molar-refractivity contribution in [3.63, 3.8) is 0 Å². The average molecular weight is 949 g/mol. The first kappa shape index (κ1) is 42.6. The molecule has 1 aliphatic rings. The monoisotopic (exact) mass is 948 g/mol. The SMILES string of the molecule is Cc1ccc(N(c2ccc(C)cc2)c2cccc3c2c2cccc4c5c(C6C=CC=CC6)c6c(c(-c7ccccc7)c5n3c24)c2cccc3c4c(N(c5ccc(C)cc5)c5ccc(C)cc5)cccc4n6c32)cc1. The van der Waals surface area contributed by atoms with Gasteiger partial charge in [-0.2, -0.15) is 0 Å². The molecule has 4 nitrogen and oxygen atoms in total. The molecule has 0 radical (unpaired) electrons. The normalized spacial score (nSPS) is 13.9. The van der Waals surface area contributed by atoms with Gasteiger partial charge in [0, 0.05) is 77.3 Å². The van der Waals surface area contributed by atoms with Crippen LogP contribution in [-0.2, 0) is 0 Å². The molecule has 14 aromatic rings. The van der Waals surface area contributed by atoms with Gasteiger partial charge in [0.2, 0.25) is 0 Å². The lowest BCUT2D eigenvalue weighted by atomic mass is 9.84. The van der Waals surface area contributed by atoms with Crippen molar-refractivity contribution in [3.05, 3.63) is 252 Å². The molecule has 0 N–H and O–H groups in total. The predicted octanol–water partition coefficient (Wildman–Crippen LogP) is 19.4. The molecular formula is C70H52N4. The third-order valence-electron chi connectivity index (χ3n) is 16.1. The van der Waals surface area contributed by atoms with Crippen molar-refractivity contribution in [2.24, 2.45) is 0 Å². The lowest BCUT2D eigenvalue weighted by Crippen LogP contribution is -2.10. The molecule has 0 aliphatic heterocycles.